The van der Waals surface area contributed by atoms with Crippen LogP contribution in [0, 0.1) is 0 Å². The van der Waals surface area contributed by atoms with Crippen molar-refractivity contribution < 1.29 is 42.2 Å². The molecule has 5 N–H and O–H groups in total. The molecule has 1 aliphatic rings. The van der Waals surface area contributed by atoms with Crippen LogP contribution in [0.1, 0.15) is 41.5 Å². The molecule has 0 spiro atoms. The lowest BCUT2D eigenvalue weighted by Crippen LogP contribution is -2.54. The van der Waals surface area contributed by atoms with E-state index in [1.54, 1.807) is 0 Å². The maximum Gasteiger partial charge on any atom is 0.490 e. The Bertz CT molecular complexity index is 1420. The number of carbonyl (C=O) groups excluding carboxylic acids is 3. The molecular formula is C33H37F3N4O6. The van der Waals surface area contributed by atoms with E-state index in [0.717, 1.165) is 16.7 Å². The molecule has 246 valence electrons. The van der Waals surface area contributed by atoms with E-state index in [-0.39, 0.29) is 18.4 Å². The number of aliphatic carboxylic acids is 1. The highest BCUT2D eigenvalue weighted by Gasteiger charge is 2.38. The molecule has 3 aromatic carbocycles. The summed E-state index contributed by atoms with van der Waals surface area (Å²) >= 11 is 0. The maximum absolute atomic E-state index is 13.1. The topological polar surface area (TPSA) is 146 Å². The number of carbonyl (C=O) groups is 4. The smallest absolute Gasteiger partial charge is 0.475 e. The Morgan fingerprint density at radius 2 is 1.43 bits per heavy atom. The van der Waals surface area contributed by atoms with Crippen LogP contribution >= 0.6 is 0 Å². The predicted molar refractivity (Wildman–Crippen MR) is 163 cm³/mol. The SMILES string of the molecule is O=C(NCCCC[C@H](NC(=O)C1Cc2ccccc2CN1)C(=O)NCc1ccccc1)OCc1ccccc1.O=C(O)C(F)(F)F. The molecule has 0 fully saturated rings. The first kappa shape index (κ1) is 35.6. The van der Waals surface area contributed by atoms with Gasteiger partial charge in [-0.1, -0.05) is 84.9 Å². The number of rotatable bonds is 12. The molecule has 0 saturated carbocycles. The summed E-state index contributed by atoms with van der Waals surface area (Å²) < 4.78 is 37.0. The van der Waals surface area contributed by atoms with E-state index in [9.17, 15) is 27.6 Å². The summed E-state index contributed by atoms with van der Waals surface area (Å²) in [5.74, 6) is -3.17. The third-order valence-electron chi connectivity index (χ3n) is 6.98. The van der Waals surface area contributed by atoms with Crippen molar-refractivity contribution >= 4 is 23.9 Å². The standard InChI is InChI=1S/C31H36N4O4.C2HF3O2/c36-29(34-20-23-11-3-1-4-12-23)27(35-30(37)28-19-25-15-7-8-16-26(25)21-33-28)17-9-10-18-32-31(38)39-22-24-13-5-2-6-14-24;3-2(4,5)1(6)7/h1-8,11-16,27-28,33H,9-10,17-22H2,(H,32,38)(H,34,36)(H,35,37);(H,6,7)/t27-,28?;/m0./s1. The number of hydrogen-bond acceptors (Lipinski definition) is 6. The molecule has 0 aliphatic carbocycles. The van der Waals surface area contributed by atoms with Crippen LogP contribution in [-0.2, 0) is 45.2 Å². The Morgan fingerprint density at radius 1 is 0.848 bits per heavy atom. The Balaban J connectivity index is 0.000000738. The van der Waals surface area contributed by atoms with Crippen LogP contribution in [0.4, 0.5) is 18.0 Å². The first-order valence-corrected chi connectivity index (χ1v) is 14.7. The molecule has 10 nitrogen and oxygen atoms in total. The van der Waals surface area contributed by atoms with Crippen molar-refractivity contribution in [3.8, 4) is 0 Å². The van der Waals surface area contributed by atoms with Crippen LogP contribution in [0.15, 0.2) is 84.9 Å². The van der Waals surface area contributed by atoms with Gasteiger partial charge in [-0.3, -0.25) is 9.59 Å². The van der Waals surface area contributed by atoms with Crippen LogP contribution in [0.2, 0.25) is 0 Å². The van der Waals surface area contributed by atoms with Gasteiger partial charge in [-0.25, -0.2) is 9.59 Å². The lowest BCUT2D eigenvalue weighted by Gasteiger charge is -2.27. The number of carboxylic acids is 1. The molecule has 3 amide bonds. The molecule has 2 atom stereocenters. The van der Waals surface area contributed by atoms with Crippen molar-refractivity contribution in [1.82, 2.24) is 21.3 Å². The highest BCUT2D eigenvalue weighted by atomic mass is 19.4. The molecule has 13 heteroatoms. The Hall–Kier alpha value is -4.91. The first-order chi connectivity index (χ1) is 22.0. The number of carboxylic acid groups (broad SMARTS) is 1. The average Bonchev–Trinajstić information content (AvgIpc) is 3.06. The Labute approximate surface area is 264 Å². The van der Waals surface area contributed by atoms with Gasteiger partial charge in [-0.2, -0.15) is 13.2 Å². The summed E-state index contributed by atoms with van der Waals surface area (Å²) in [6.07, 6.45) is -3.24. The summed E-state index contributed by atoms with van der Waals surface area (Å²) in [7, 11) is 0. The zero-order chi connectivity index (χ0) is 33.4. The lowest BCUT2D eigenvalue weighted by molar-refractivity contribution is -0.192. The number of alkyl halides is 3. The highest BCUT2D eigenvalue weighted by molar-refractivity contribution is 5.90. The summed E-state index contributed by atoms with van der Waals surface area (Å²) in [6.45, 7) is 1.63. The number of amides is 3. The quantitative estimate of drug-likeness (QED) is 0.186. The largest absolute Gasteiger partial charge is 0.490 e. The number of halogens is 3. The fraction of sp³-hybridized carbons (Fsp3) is 0.333. The summed E-state index contributed by atoms with van der Waals surface area (Å²) in [5, 5.41) is 19.1. The Kier molecular flexibility index (Phi) is 14.0. The van der Waals surface area contributed by atoms with Crippen molar-refractivity contribution in [3.05, 3.63) is 107 Å². The fourth-order valence-electron chi connectivity index (χ4n) is 4.53. The van der Waals surface area contributed by atoms with Crippen molar-refractivity contribution in [1.29, 1.82) is 0 Å². The fourth-order valence-corrected chi connectivity index (χ4v) is 4.53. The van der Waals surface area contributed by atoms with Crippen molar-refractivity contribution in [3.63, 3.8) is 0 Å². The molecule has 0 saturated heterocycles. The number of fused-ring (bicyclic) bond motifs is 1. The predicted octanol–water partition coefficient (Wildman–Crippen LogP) is 4.23. The average molecular weight is 643 g/mol. The minimum absolute atomic E-state index is 0.188. The van der Waals surface area contributed by atoms with E-state index in [1.165, 1.54) is 5.56 Å². The molecule has 0 aromatic heterocycles. The second-order valence-corrected chi connectivity index (χ2v) is 10.5. The monoisotopic (exact) mass is 642 g/mol. The minimum Gasteiger partial charge on any atom is -0.475 e. The van der Waals surface area contributed by atoms with E-state index in [2.05, 4.69) is 27.3 Å². The van der Waals surface area contributed by atoms with Crippen molar-refractivity contribution in [2.75, 3.05) is 6.54 Å². The zero-order valence-corrected chi connectivity index (χ0v) is 25.0. The Morgan fingerprint density at radius 3 is 2.07 bits per heavy atom. The molecule has 1 aliphatic heterocycles. The van der Waals surface area contributed by atoms with E-state index >= 15 is 0 Å². The second kappa shape index (κ2) is 18.2. The number of hydrogen-bond donors (Lipinski definition) is 5. The molecular weight excluding hydrogens is 605 g/mol. The van der Waals surface area contributed by atoms with Gasteiger partial charge in [0, 0.05) is 19.6 Å². The van der Waals surface area contributed by atoms with Gasteiger partial charge in [0.1, 0.15) is 12.6 Å². The van der Waals surface area contributed by atoms with Gasteiger partial charge < -0.3 is 31.1 Å². The summed E-state index contributed by atoms with van der Waals surface area (Å²) in [5.41, 5.74) is 4.24. The third kappa shape index (κ3) is 12.6. The summed E-state index contributed by atoms with van der Waals surface area (Å²) in [4.78, 5) is 47.1. The number of nitrogens with one attached hydrogen (secondary N) is 4. The first-order valence-electron chi connectivity index (χ1n) is 14.7. The normalized spacial score (nSPS) is 14.4. The van der Waals surface area contributed by atoms with Crippen LogP contribution in [0.25, 0.3) is 0 Å². The van der Waals surface area contributed by atoms with Crippen LogP contribution in [0.3, 0.4) is 0 Å². The highest BCUT2D eigenvalue weighted by Crippen LogP contribution is 2.17. The van der Waals surface area contributed by atoms with Crippen LogP contribution in [0.5, 0.6) is 0 Å². The number of ether oxygens (including phenoxy) is 1. The van der Waals surface area contributed by atoms with Gasteiger partial charge in [0.05, 0.1) is 6.04 Å². The molecule has 3 aromatic rings. The van der Waals surface area contributed by atoms with Gasteiger partial charge in [-0.05, 0) is 47.9 Å². The van der Waals surface area contributed by atoms with E-state index in [1.807, 2.05) is 78.9 Å². The van der Waals surface area contributed by atoms with Gasteiger partial charge in [-0.15, -0.1) is 0 Å². The molecule has 4 rings (SSSR count). The number of benzene rings is 3. The molecule has 0 radical (unpaired) electrons. The van der Waals surface area contributed by atoms with Gasteiger partial charge in [0.15, 0.2) is 0 Å². The molecule has 0 bridgehead atoms. The zero-order valence-electron chi connectivity index (χ0n) is 25.0. The number of unbranched alkanes of at least 4 members (excludes halogenated alkanes) is 1. The van der Waals surface area contributed by atoms with Crippen LogP contribution < -0.4 is 21.3 Å². The number of alkyl carbamates (subject to hydrolysis) is 1. The van der Waals surface area contributed by atoms with E-state index < -0.39 is 30.3 Å². The van der Waals surface area contributed by atoms with Gasteiger partial charge in [0.25, 0.3) is 0 Å². The maximum atomic E-state index is 13.1. The molecule has 1 unspecified atom stereocenters. The van der Waals surface area contributed by atoms with Crippen LogP contribution in [-0.4, -0.2) is 53.8 Å². The third-order valence-corrected chi connectivity index (χ3v) is 6.98. The van der Waals surface area contributed by atoms with Gasteiger partial charge in [0.2, 0.25) is 11.8 Å². The van der Waals surface area contributed by atoms with E-state index in [0.29, 0.717) is 45.3 Å². The minimum atomic E-state index is -5.08. The second-order valence-electron chi connectivity index (χ2n) is 10.5. The van der Waals surface area contributed by atoms with E-state index in [4.69, 9.17) is 14.6 Å². The molecule has 1 heterocycles. The molecule has 46 heavy (non-hydrogen) atoms. The van der Waals surface area contributed by atoms with Crippen molar-refractivity contribution in [2.45, 2.75) is 63.6 Å². The summed E-state index contributed by atoms with van der Waals surface area (Å²) in [6, 6.07) is 26.1. The van der Waals surface area contributed by atoms with Gasteiger partial charge >= 0.3 is 18.2 Å². The lowest BCUT2D eigenvalue weighted by atomic mass is 9.95. The van der Waals surface area contributed by atoms with Crippen molar-refractivity contribution in [2.24, 2.45) is 0 Å².